The van der Waals surface area contributed by atoms with Crippen molar-refractivity contribution in [2.45, 2.75) is 32.6 Å². The lowest BCUT2D eigenvalue weighted by Gasteiger charge is -2.25. The predicted molar refractivity (Wildman–Crippen MR) is 116 cm³/mol. The van der Waals surface area contributed by atoms with Crippen molar-refractivity contribution in [3.8, 4) is 17.2 Å². The molecule has 1 heterocycles. The first-order chi connectivity index (χ1) is 13.7. The van der Waals surface area contributed by atoms with Crippen LogP contribution in [0.4, 0.5) is 4.39 Å². The molecule has 0 amide bonds. The molecule has 28 heavy (non-hydrogen) atoms. The smallest absolute Gasteiger partial charge is 0.141 e. The summed E-state index contributed by atoms with van der Waals surface area (Å²) >= 11 is 1.24. The molecule has 1 atom stereocenters. The number of hydrogen-bond acceptors (Lipinski definition) is 4. The highest BCUT2D eigenvalue weighted by atomic mass is 32.2. The molecular formula is C23H26FN3S. The topological polar surface area (TPSA) is 61.8 Å². The normalized spacial score (nSPS) is 17.4. The highest BCUT2D eigenvalue weighted by Crippen LogP contribution is 2.38. The summed E-state index contributed by atoms with van der Waals surface area (Å²) in [6.07, 6.45) is 6.39. The zero-order valence-corrected chi connectivity index (χ0v) is 17.0. The quantitative estimate of drug-likeness (QED) is 0.655. The summed E-state index contributed by atoms with van der Waals surface area (Å²) < 4.78 is 14.3. The van der Waals surface area contributed by atoms with Crippen molar-refractivity contribution in [3.05, 3.63) is 65.0 Å². The predicted octanol–water partition coefficient (Wildman–Crippen LogP) is 5.26. The van der Waals surface area contributed by atoms with E-state index in [9.17, 15) is 4.39 Å². The number of nitrogens with two attached hydrogens (primary N) is 1. The SMILES string of the molecule is CC/C=C(\SN)c1c(CC2CCCNC2)cccc1-c1ccc(C#N)c(F)c1. The zero-order chi connectivity index (χ0) is 19.9. The first kappa shape index (κ1) is 20.6. The molecule has 1 fully saturated rings. The number of nitriles is 1. The molecule has 1 unspecified atom stereocenters. The third-order valence-corrected chi connectivity index (χ3v) is 5.85. The number of allylic oxidation sites excluding steroid dienone is 1. The fourth-order valence-electron chi connectivity index (χ4n) is 3.88. The van der Waals surface area contributed by atoms with Gasteiger partial charge >= 0.3 is 0 Å². The lowest BCUT2D eigenvalue weighted by Crippen LogP contribution is -2.31. The van der Waals surface area contributed by atoms with Crippen molar-refractivity contribution in [1.29, 1.82) is 5.26 Å². The number of nitrogens with one attached hydrogen (secondary N) is 1. The van der Waals surface area contributed by atoms with Gasteiger partial charge in [0.2, 0.25) is 0 Å². The molecule has 0 bridgehead atoms. The van der Waals surface area contributed by atoms with Crippen molar-refractivity contribution >= 4 is 16.9 Å². The maximum absolute atomic E-state index is 14.3. The Morgan fingerprint density at radius 2 is 2.25 bits per heavy atom. The van der Waals surface area contributed by atoms with Gasteiger partial charge in [-0.2, -0.15) is 5.26 Å². The van der Waals surface area contributed by atoms with E-state index in [0.29, 0.717) is 5.92 Å². The molecule has 0 spiro atoms. The first-order valence-electron chi connectivity index (χ1n) is 9.77. The van der Waals surface area contributed by atoms with Gasteiger partial charge in [-0.25, -0.2) is 4.39 Å². The molecule has 1 saturated heterocycles. The number of rotatable bonds is 6. The van der Waals surface area contributed by atoms with Gasteiger partial charge in [0.15, 0.2) is 0 Å². The van der Waals surface area contributed by atoms with Gasteiger partial charge in [0, 0.05) is 10.5 Å². The van der Waals surface area contributed by atoms with Crippen molar-refractivity contribution in [1.82, 2.24) is 5.32 Å². The third kappa shape index (κ3) is 4.64. The summed E-state index contributed by atoms with van der Waals surface area (Å²) in [5, 5.41) is 18.6. The highest BCUT2D eigenvalue weighted by Gasteiger charge is 2.20. The molecule has 0 saturated carbocycles. The lowest BCUT2D eigenvalue weighted by molar-refractivity contribution is 0.376. The van der Waals surface area contributed by atoms with Gasteiger partial charge in [-0.1, -0.05) is 37.3 Å². The fraction of sp³-hybridized carbons (Fsp3) is 0.348. The van der Waals surface area contributed by atoms with Crippen molar-refractivity contribution in [3.63, 3.8) is 0 Å². The van der Waals surface area contributed by atoms with Crippen molar-refractivity contribution < 1.29 is 4.39 Å². The van der Waals surface area contributed by atoms with Crippen LogP contribution in [0, 0.1) is 23.1 Å². The van der Waals surface area contributed by atoms with Crippen LogP contribution in [-0.2, 0) is 6.42 Å². The highest BCUT2D eigenvalue weighted by molar-refractivity contribution is 8.06. The van der Waals surface area contributed by atoms with E-state index in [-0.39, 0.29) is 5.56 Å². The minimum absolute atomic E-state index is 0.0623. The Morgan fingerprint density at radius 1 is 1.39 bits per heavy atom. The van der Waals surface area contributed by atoms with Crippen LogP contribution >= 0.6 is 11.9 Å². The van der Waals surface area contributed by atoms with Crippen LogP contribution in [0.25, 0.3) is 16.0 Å². The number of nitrogens with zero attached hydrogens (tertiary/aromatic N) is 1. The fourth-order valence-corrected chi connectivity index (χ4v) is 4.50. The standard InChI is InChI=1S/C23H26FN3S/c1-2-5-22(28-26)23-18(12-16-6-4-11-27-15-16)7-3-8-20(23)17-9-10-19(14-25)21(24)13-17/h3,5,7-10,13,16,27H,2,4,6,11-12,15,26H2,1H3/b22-5-. The van der Waals surface area contributed by atoms with Gasteiger partial charge in [0.1, 0.15) is 11.9 Å². The maximum Gasteiger partial charge on any atom is 0.141 e. The second-order valence-electron chi connectivity index (χ2n) is 7.16. The van der Waals surface area contributed by atoms with Gasteiger partial charge in [0.05, 0.1) is 5.56 Å². The van der Waals surface area contributed by atoms with E-state index in [1.54, 1.807) is 6.07 Å². The van der Waals surface area contributed by atoms with Crippen LogP contribution in [0.1, 0.15) is 42.9 Å². The summed E-state index contributed by atoms with van der Waals surface area (Å²) in [5.41, 5.74) is 4.13. The van der Waals surface area contributed by atoms with E-state index in [1.807, 2.05) is 24.3 Å². The second-order valence-corrected chi connectivity index (χ2v) is 7.83. The summed E-state index contributed by atoms with van der Waals surface area (Å²) in [7, 11) is 0. The van der Waals surface area contributed by atoms with Gasteiger partial charge in [0.25, 0.3) is 0 Å². The van der Waals surface area contributed by atoms with Gasteiger partial charge in [-0.05, 0) is 85.5 Å². The Labute approximate surface area is 171 Å². The number of hydrogen-bond donors (Lipinski definition) is 2. The Hall–Kier alpha value is -2.13. The molecule has 2 aromatic carbocycles. The number of halogens is 1. The average Bonchev–Trinajstić information content (AvgIpc) is 2.73. The van der Waals surface area contributed by atoms with Crippen LogP contribution in [0.15, 0.2) is 42.5 Å². The molecule has 5 heteroatoms. The van der Waals surface area contributed by atoms with E-state index in [2.05, 4.69) is 24.4 Å². The monoisotopic (exact) mass is 395 g/mol. The van der Waals surface area contributed by atoms with Crippen LogP contribution in [0.2, 0.25) is 0 Å². The molecule has 1 aliphatic rings. The Bertz CT molecular complexity index is 895. The van der Waals surface area contributed by atoms with Crippen LogP contribution < -0.4 is 10.5 Å². The molecule has 2 aromatic rings. The molecule has 146 valence electrons. The van der Waals surface area contributed by atoms with Crippen LogP contribution in [0.3, 0.4) is 0 Å². The van der Waals surface area contributed by atoms with Crippen molar-refractivity contribution in [2.24, 2.45) is 11.1 Å². The summed E-state index contributed by atoms with van der Waals surface area (Å²) in [4.78, 5) is 1.02. The van der Waals surface area contributed by atoms with Gasteiger partial charge in [-0.15, -0.1) is 0 Å². The van der Waals surface area contributed by atoms with E-state index in [4.69, 9.17) is 10.4 Å². The largest absolute Gasteiger partial charge is 0.316 e. The number of piperidine rings is 1. The molecule has 3 nitrogen and oxygen atoms in total. The van der Waals surface area contributed by atoms with Crippen molar-refractivity contribution in [2.75, 3.05) is 13.1 Å². The minimum Gasteiger partial charge on any atom is -0.316 e. The van der Waals surface area contributed by atoms with Crippen LogP contribution in [0.5, 0.6) is 0 Å². The summed E-state index contributed by atoms with van der Waals surface area (Å²) in [6.45, 7) is 4.20. The van der Waals surface area contributed by atoms with E-state index in [0.717, 1.165) is 47.5 Å². The molecular weight excluding hydrogens is 369 g/mol. The maximum atomic E-state index is 14.3. The zero-order valence-electron chi connectivity index (χ0n) is 16.2. The molecule has 1 aliphatic heterocycles. The molecule has 0 radical (unpaired) electrons. The number of benzene rings is 2. The molecule has 0 aromatic heterocycles. The second kappa shape index (κ2) is 9.88. The average molecular weight is 396 g/mol. The third-order valence-electron chi connectivity index (χ3n) is 5.22. The van der Waals surface area contributed by atoms with E-state index < -0.39 is 5.82 Å². The molecule has 3 N–H and O–H groups in total. The molecule has 3 rings (SSSR count). The summed E-state index contributed by atoms with van der Waals surface area (Å²) in [5.74, 6) is 0.0976. The van der Waals surface area contributed by atoms with Crippen LogP contribution in [-0.4, -0.2) is 13.1 Å². The Morgan fingerprint density at radius 3 is 2.89 bits per heavy atom. The minimum atomic E-state index is -0.491. The Balaban J connectivity index is 2.10. The Kier molecular flexibility index (Phi) is 7.27. The lowest BCUT2D eigenvalue weighted by atomic mass is 9.87. The van der Waals surface area contributed by atoms with Gasteiger partial charge in [-0.3, -0.25) is 5.14 Å². The van der Waals surface area contributed by atoms with E-state index in [1.165, 1.54) is 36.4 Å². The summed E-state index contributed by atoms with van der Waals surface area (Å²) in [6, 6.07) is 12.9. The van der Waals surface area contributed by atoms with E-state index >= 15 is 0 Å². The first-order valence-corrected chi connectivity index (χ1v) is 10.7. The molecule has 0 aliphatic carbocycles. The van der Waals surface area contributed by atoms with Gasteiger partial charge < -0.3 is 5.32 Å².